The number of thiazole rings is 1. The molecule has 0 saturated heterocycles. The molecule has 0 bridgehead atoms. The van der Waals surface area contributed by atoms with Crippen LogP contribution in [0.25, 0.3) is 5.57 Å². The zero-order valence-corrected chi connectivity index (χ0v) is 17.4. The molecule has 1 unspecified atom stereocenters. The maximum Gasteiger partial charge on any atom is 0.327 e. The predicted molar refractivity (Wildman–Crippen MR) is 112 cm³/mol. The lowest BCUT2D eigenvalue weighted by Crippen LogP contribution is -2.03. The second kappa shape index (κ2) is 8.25. The van der Waals surface area contributed by atoms with E-state index in [1.165, 1.54) is 27.0 Å². The maximum absolute atomic E-state index is 11.1. The molecule has 3 N–H and O–H groups in total. The third-order valence-corrected chi connectivity index (χ3v) is 6.92. The highest BCUT2D eigenvalue weighted by Gasteiger charge is 2.19. The van der Waals surface area contributed by atoms with E-state index in [2.05, 4.69) is 43.4 Å². The van der Waals surface area contributed by atoms with Crippen molar-refractivity contribution in [2.24, 2.45) is 0 Å². The molecule has 2 aromatic rings. The standard InChI is InChI=1S/C19H22NO4PS2/c1-2-13-7-8-14(16-6-4-3-5-15(13)16)9-10-17-18(21)20(19(26)27-17)11-12-25(22,23)24/h3-9,13,21H,2,10-12H2,1H3,(H2,22,23,24). The summed E-state index contributed by atoms with van der Waals surface area (Å²) >= 11 is 6.52. The van der Waals surface area contributed by atoms with Crippen LogP contribution in [0.4, 0.5) is 0 Å². The van der Waals surface area contributed by atoms with E-state index in [9.17, 15) is 9.67 Å². The van der Waals surface area contributed by atoms with Gasteiger partial charge in [-0.2, -0.15) is 0 Å². The normalized spacial score (nSPS) is 18.0. The first-order valence-electron chi connectivity index (χ1n) is 8.74. The summed E-state index contributed by atoms with van der Waals surface area (Å²) in [5.74, 6) is 0.414. The van der Waals surface area contributed by atoms with Gasteiger partial charge >= 0.3 is 7.60 Å². The SMILES string of the molecule is CCC1C=CC(=CCc2sc(=S)n(CCP(=O)(O)O)c2O)c2ccccc21. The molecule has 144 valence electrons. The summed E-state index contributed by atoms with van der Waals surface area (Å²) in [7, 11) is -4.14. The second-order valence-electron chi connectivity index (χ2n) is 6.48. The van der Waals surface area contributed by atoms with E-state index in [1.807, 2.05) is 6.07 Å². The molecule has 1 aromatic heterocycles. The zero-order valence-electron chi connectivity index (χ0n) is 14.9. The van der Waals surface area contributed by atoms with Crippen LogP contribution in [0.1, 0.15) is 35.3 Å². The number of nitrogens with zero attached hydrogens (tertiary/aromatic N) is 1. The Morgan fingerprint density at radius 2 is 2.07 bits per heavy atom. The van der Waals surface area contributed by atoms with Crippen molar-refractivity contribution >= 4 is 36.7 Å². The number of benzene rings is 1. The van der Waals surface area contributed by atoms with E-state index in [0.717, 1.165) is 12.0 Å². The maximum atomic E-state index is 11.1. The van der Waals surface area contributed by atoms with E-state index in [1.54, 1.807) is 0 Å². The molecule has 1 aliphatic rings. The molecule has 0 amide bonds. The number of rotatable bonds is 6. The first kappa shape index (κ1) is 20.2. The van der Waals surface area contributed by atoms with E-state index < -0.39 is 7.60 Å². The van der Waals surface area contributed by atoms with Crippen molar-refractivity contribution < 1.29 is 19.5 Å². The molecule has 1 heterocycles. The highest BCUT2D eigenvalue weighted by molar-refractivity contribution is 7.73. The van der Waals surface area contributed by atoms with Crippen LogP contribution in [0.5, 0.6) is 5.88 Å². The number of allylic oxidation sites excluding steroid dienone is 4. The minimum absolute atomic E-state index is 0.00291. The van der Waals surface area contributed by atoms with Crippen LogP contribution in [-0.4, -0.2) is 25.6 Å². The summed E-state index contributed by atoms with van der Waals surface area (Å²) in [4.78, 5) is 18.8. The molecular formula is C19H22NO4PS2. The van der Waals surface area contributed by atoms with Crippen molar-refractivity contribution in [1.29, 1.82) is 0 Å². The minimum atomic E-state index is -4.14. The van der Waals surface area contributed by atoms with Gasteiger partial charge in [-0.3, -0.25) is 9.13 Å². The summed E-state index contributed by atoms with van der Waals surface area (Å²) in [5.41, 5.74) is 3.62. The van der Waals surface area contributed by atoms with Crippen molar-refractivity contribution in [3.8, 4) is 5.88 Å². The molecule has 0 spiro atoms. The molecule has 1 aliphatic carbocycles. The van der Waals surface area contributed by atoms with Gasteiger partial charge in [0.15, 0.2) is 3.95 Å². The molecule has 27 heavy (non-hydrogen) atoms. The van der Waals surface area contributed by atoms with Gasteiger partial charge in [0.05, 0.1) is 11.0 Å². The Labute approximate surface area is 167 Å². The molecule has 0 saturated carbocycles. The fourth-order valence-corrected chi connectivity index (χ4v) is 5.04. The Morgan fingerprint density at radius 3 is 2.78 bits per heavy atom. The van der Waals surface area contributed by atoms with Crippen LogP contribution >= 0.6 is 31.2 Å². The number of aromatic hydroxyl groups is 1. The van der Waals surface area contributed by atoms with E-state index in [0.29, 0.717) is 21.2 Å². The van der Waals surface area contributed by atoms with Crippen molar-refractivity contribution in [2.45, 2.75) is 32.2 Å². The average Bonchev–Trinajstić information content (AvgIpc) is 2.90. The van der Waals surface area contributed by atoms with Gasteiger partial charge in [0.1, 0.15) is 0 Å². The number of hydrogen-bond acceptors (Lipinski definition) is 4. The lowest BCUT2D eigenvalue weighted by Gasteiger charge is -2.21. The first-order chi connectivity index (χ1) is 12.8. The molecule has 1 aromatic carbocycles. The Bertz CT molecular complexity index is 999. The lowest BCUT2D eigenvalue weighted by atomic mass is 9.83. The Hall–Kier alpha value is -1.50. The van der Waals surface area contributed by atoms with E-state index >= 15 is 0 Å². The Morgan fingerprint density at radius 1 is 1.33 bits per heavy atom. The number of fused-ring (bicyclic) bond motifs is 1. The smallest absolute Gasteiger partial charge is 0.327 e. The first-order valence-corrected chi connectivity index (χ1v) is 11.8. The Balaban J connectivity index is 1.85. The third-order valence-electron chi connectivity index (χ3n) is 4.68. The van der Waals surface area contributed by atoms with Gasteiger partial charge in [-0.05, 0) is 35.3 Å². The van der Waals surface area contributed by atoms with Crippen LogP contribution in [0, 0.1) is 3.95 Å². The van der Waals surface area contributed by atoms with E-state index in [4.69, 9.17) is 22.0 Å². The van der Waals surface area contributed by atoms with Gasteiger partial charge in [-0.15, -0.1) is 11.3 Å². The highest BCUT2D eigenvalue weighted by atomic mass is 32.1. The molecule has 1 atom stereocenters. The summed E-state index contributed by atoms with van der Waals surface area (Å²) in [6, 6.07) is 8.34. The van der Waals surface area contributed by atoms with Gasteiger partial charge in [0, 0.05) is 18.9 Å². The molecule has 0 fully saturated rings. The molecule has 0 aliphatic heterocycles. The van der Waals surface area contributed by atoms with Crippen molar-refractivity contribution in [2.75, 3.05) is 6.16 Å². The van der Waals surface area contributed by atoms with Crippen molar-refractivity contribution in [3.05, 3.63) is 62.5 Å². The highest BCUT2D eigenvalue weighted by Crippen LogP contribution is 2.37. The second-order valence-corrected chi connectivity index (χ2v) is 9.98. The summed E-state index contributed by atoms with van der Waals surface area (Å²) in [5, 5.41) is 10.4. The average molecular weight is 423 g/mol. The molecule has 8 heteroatoms. The van der Waals surface area contributed by atoms with Crippen LogP contribution < -0.4 is 0 Å². The minimum Gasteiger partial charge on any atom is -0.494 e. The van der Waals surface area contributed by atoms with E-state index in [-0.39, 0.29) is 18.6 Å². The number of hydrogen-bond donors (Lipinski definition) is 3. The van der Waals surface area contributed by atoms with Gasteiger partial charge < -0.3 is 14.9 Å². The molecule has 3 rings (SSSR count). The largest absolute Gasteiger partial charge is 0.494 e. The van der Waals surface area contributed by atoms with Crippen molar-refractivity contribution in [1.82, 2.24) is 4.57 Å². The third kappa shape index (κ3) is 4.68. The van der Waals surface area contributed by atoms with Crippen molar-refractivity contribution in [3.63, 3.8) is 0 Å². The lowest BCUT2D eigenvalue weighted by molar-refractivity contribution is 0.365. The topological polar surface area (TPSA) is 82.7 Å². The zero-order chi connectivity index (χ0) is 19.6. The van der Waals surface area contributed by atoms with Crippen LogP contribution in [0.15, 0.2) is 42.5 Å². The monoisotopic (exact) mass is 423 g/mol. The van der Waals surface area contributed by atoms with Gasteiger partial charge in [0.2, 0.25) is 5.88 Å². The quantitative estimate of drug-likeness (QED) is 0.457. The Kier molecular flexibility index (Phi) is 6.18. The van der Waals surface area contributed by atoms with Crippen LogP contribution in [0.3, 0.4) is 0 Å². The van der Waals surface area contributed by atoms with Crippen LogP contribution in [-0.2, 0) is 17.5 Å². The van der Waals surface area contributed by atoms with Gasteiger partial charge in [-0.1, -0.05) is 49.4 Å². The van der Waals surface area contributed by atoms with Gasteiger partial charge in [-0.25, -0.2) is 0 Å². The van der Waals surface area contributed by atoms with Gasteiger partial charge in [0.25, 0.3) is 0 Å². The molecular weight excluding hydrogens is 401 g/mol. The molecule has 0 radical (unpaired) electrons. The fraction of sp³-hybridized carbons (Fsp3) is 0.316. The van der Waals surface area contributed by atoms with Crippen LogP contribution in [0.2, 0.25) is 0 Å². The molecule has 5 nitrogen and oxygen atoms in total. The number of aromatic nitrogens is 1. The summed E-state index contributed by atoms with van der Waals surface area (Å²) in [6.07, 6.45) is 7.60. The predicted octanol–water partition coefficient (Wildman–Crippen LogP) is 4.85. The summed E-state index contributed by atoms with van der Waals surface area (Å²) < 4.78 is 12.9. The fourth-order valence-electron chi connectivity index (χ4n) is 3.24. The summed E-state index contributed by atoms with van der Waals surface area (Å²) in [6.45, 7) is 2.18.